The van der Waals surface area contributed by atoms with Gasteiger partial charge in [-0.3, -0.25) is 4.79 Å². The van der Waals surface area contributed by atoms with Gasteiger partial charge in [-0.2, -0.15) is 5.26 Å². The first-order valence-corrected chi connectivity index (χ1v) is 7.02. The SMILES string of the molecule is COc1nc(CC(=O)O)cc(Oc2cc(Cl)cc(C#N)c2)c1Cl. The molecule has 0 fully saturated rings. The molecule has 0 amide bonds. The molecule has 0 aliphatic rings. The topological polar surface area (TPSA) is 92.4 Å². The zero-order valence-electron chi connectivity index (χ0n) is 11.8. The van der Waals surface area contributed by atoms with E-state index in [0.717, 1.165) is 0 Å². The van der Waals surface area contributed by atoms with Crippen LogP contribution in [0.5, 0.6) is 17.4 Å². The minimum atomic E-state index is -1.05. The van der Waals surface area contributed by atoms with Gasteiger partial charge < -0.3 is 14.6 Å². The molecule has 23 heavy (non-hydrogen) atoms. The number of ether oxygens (including phenoxy) is 2. The van der Waals surface area contributed by atoms with Crippen LogP contribution in [0.3, 0.4) is 0 Å². The Morgan fingerprint density at radius 3 is 2.70 bits per heavy atom. The molecule has 0 bridgehead atoms. The van der Waals surface area contributed by atoms with Crippen molar-refractivity contribution >= 4 is 29.2 Å². The number of aliphatic carboxylic acids is 1. The Morgan fingerprint density at radius 2 is 2.09 bits per heavy atom. The van der Waals surface area contributed by atoms with Gasteiger partial charge in [-0.05, 0) is 18.2 Å². The molecule has 1 N–H and O–H groups in total. The summed E-state index contributed by atoms with van der Waals surface area (Å²) in [4.78, 5) is 14.8. The van der Waals surface area contributed by atoms with E-state index in [2.05, 4.69) is 4.98 Å². The van der Waals surface area contributed by atoms with Crippen LogP contribution in [0, 0.1) is 11.3 Å². The second-order valence-corrected chi connectivity index (χ2v) is 5.21. The number of rotatable bonds is 5. The Bertz CT molecular complexity index is 803. The highest BCUT2D eigenvalue weighted by molar-refractivity contribution is 6.33. The molecule has 2 aromatic rings. The van der Waals surface area contributed by atoms with Crippen molar-refractivity contribution in [2.24, 2.45) is 0 Å². The summed E-state index contributed by atoms with van der Waals surface area (Å²) in [5, 5.41) is 18.2. The van der Waals surface area contributed by atoms with Crippen LogP contribution in [0.2, 0.25) is 10.0 Å². The summed E-state index contributed by atoms with van der Waals surface area (Å²) in [6.07, 6.45) is -0.317. The second kappa shape index (κ2) is 7.18. The number of methoxy groups -OCH3 is 1. The predicted octanol–water partition coefficient (Wildman–Crippen LogP) is 3.69. The molecule has 8 heteroatoms. The molecule has 0 aliphatic heterocycles. The highest BCUT2D eigenvalue weighted by Crippen LogP contribution is 2.37. The number of benzene rings is 1. The predicted molar refractivity (Wildman–Crippen MR) is 83.4 cm³/mol. The van der Waals surface area contributed by atoms with Gasteiger partial charge in [-0.25, -0.2) is 4.98 Å². The van der Waals surface area contributed by atoms with Gasteiger partial charge in [0.2, 0.25) is 5.88 Å². The average Bonchev–Trinajstić information content (AvgIpc) is 2.49. The number of nitriles is 1. The number of carboxylic acids is 1. The Kier molecular flexibility index (Phi) is 5.27. The van der Waals surface area contributed by atoms with E-state index in [1.165, 1.54) is 31.4 Å². The zero-order valence-corrected chi connectivity index (χ0v) is 13.4. The van der Waals surface area contributed by atoms with Gasteiger partial charge >= 0.3 is 5.97 Å². The van der Waals surface area contributed by atoms with Gasteiger partial charge in [0.25, 0.3) is 0 Å². The molecule has 0 aliphatic carbocycles. The molecule has 0 saturated heterocycles. The largest absolute Gasteiger partial charge is 0.481 e. The van der Waals surface area contributed by atoms with Crippen LogP contribution in [0.4, 0.5) is 0 Å². The fourth-order valence-corrected chi connectivity index (χ4v) is 2.24. The van der Waals surface area contributed by atoms with Crippen LogP contribution in [-0.4, -0.2) is 23.2 Å². The molecule has 0 saturated carbocycles. The number of nitrogens with zero attached hydrogens (tertiary/aromatic N) is 2. The third-order valence-corrected chi connectivity index (χ3v) is 3.27. The lowest BCUT2D eigenvalue weighted by atomic mass is 10.2. The quantitative estimate of drug-likeness (QED) is 0.881. The third kappa shape index (κ3) is 4.25. The van der Waals surface area contributed by atoms with Crippen molar-refractivity contribution in [3.8, 4) is 23.4 Å². The summed E-state index contributed by atoms with van der Waals surface area (Å²) in [6, 6.07) is 7.82. The smallest absolute Gasteiger partial charge is 0.309 e. The molecule has 0 radical (unpaired) electrons. The molecule has 118 valence electrons. The Labute approximate surface area is 141 Å². The summed E-state index contributed by atoms with van der Waals surface area (Å²) in [6.45, 7) is 0. The van der Waals surface area contributed by atoms with Crippen molar-refractivity contribution < 1.29 is 19.4 Å². The Morgan fingerprint density at radius 1 is 1.35 bits per heavy atom. The van der Waals surface area contributed by atoms with E-state index in [4.69, 9.17) is 43.0 Å². The number of hydrogen-bond donors (Lipinski definition) is 1. The van der Waals surface area contributed by atoms with Crippen molar-refractivity contribution in [3.63, 3.8) is 0 Å². The van der Waals surface area contributed by atoms with Gasteiger partial charge in [0.1, 0.15) is 10.8 Å². The number of hydrogen-bond acceptors (Lipinski definition) is 5. The maximum absolute atomic E-state index is 10.8. The van der Waals surface area contributed by atoms with Crippen LogP contribution >= 0.6 is 23.2 Å². The molecular formula is C15H10Cl2N2O4. The molecule has 0 spiro atoms. The third-order valence-electron chi connectivity index (χ3n) is 2.70. The summed E-state index contributed by atoms with van der Waals surface area (Å²) in [5.41, 5.74) is 0.534. The van der Waals surface area contributed by atoms with Gasteiger partial charge in [0.15, 0.2) is 5.75 Å². The molecular weight excluding hydrogens is 343 g/mol. The number of carboxylic acid groups (broad SMARTS) is 1. The minimum absolute atomic E-state index is 0.0444. The fourth-order valence-electron chi connectivity index (χ4n) is 1.80. The monoisotopic (exact) mass is 352 g/mol. The van der Waals surface area contributed by atoms with E-state index in [-0.39, 0.29) is 34.5 Å². The Balaban J connectivity index is 2.44. The van der Waals surface area contributed by atoms with Crippen LogP contribution < -0.4 is 9.47 Å². The average molecular weight is 353 g/mol. The molecule has 0 unspecified atom stereocenters. The summed E-state index contributed by atoms with van der Waals surface area (Å²) in [7, 11) is 1.36. The lowest BCUT2D eigenvalue weighted by molar-refractivity contribution is -0.136. The van der Waals surface area contributed by atoms with Crippen molar-refractivity contribution in [2.45, 2.75) is 6.42 Å². The van der Waals surface area contributed by atoms with Gasteiger partial charge in [0, 0.05) is 11.1 Å². The van der Waals surface area contributed by atoms with E-state index in [1.807, 2.05) is 6.07 Å². The number of halogens is 2. The lowest BCUT2D eigenvalue weighted by Gasteiger charge is -2.12. The molecule has 1 aromatic heterocycles. The van der Waals surface area contributed by atoms with Gasteiger partial charge in [-0.15, -0.1) is 0 Å². The summed E-state index contributed by atoms with van der Waals surface area (Å²) < 4.78 is 10.6. The molecule has 6 nitrogen and oxygen atoms in total. The van der Waals surface area contributed by atoms with Crippen LogP contribution in [0.1, 0.15) is 11.3 Å². The maximum Gasteiger partial charge on any atom is 0.309 e. The first-order chi connectivity index (χ1) is 10.9. The zero-order chi connectivity index (χ0) is 17.0. The minimum Gasteiger partial charge on any atom is -0.481 e. The van der Waals surface area contributed by atoms with Crippen molar-refractivity contribution in [1.29, 1.82) is 5.26 Å². The molecule has 1 heterocycles. The van der Waals surface area contributed by atoms with Crippen LogP contribution in [0.25, 0.3) is 0 Å². The molecule has 0 atom stereocenters. The van der Waals surface area contributed by atoms with E-state index >= 15 is 0 Å². The van der Waals surface area contributed by atoms with Gasteiger partial charge in [0.05, 0.1) is 30.9 Å². The fraction of sp³-hybridized carbons (Fsp3) is 0.133. The van der Waals surface area contributed by atoms with Gasteiger partial charge in [-0.1, -0.05) is 23.2 Å². The summed E-state index contributed by atoms with van der Waals surface area (Å²) >= 11 is 12.0. The number of aromatic nitrogens is 1. The van der Waals surface area contributed by atoms with Crippen molar-refractivity contribution in [1.82, 2.24) is 4.98 Å². The highest BCUT2D eigenvalue weighted by Gasteiger charge is 2.16. The summed E-state index contributed by atoms with van der Waals surface area (Å²) in [5.74, 6) is -0.572. The first-order valence-electron chi connectivity index (χ1n) is 6.26. The molecule has 2 rings (SSSR count). The van der Waals surface area contributed by atoms with Crippen LogP contribution in [-0.2, 0) is 11.2 Å². The van der Waals surface area contributed by atoms with Crippen molar-refractivity contribution in [3.05, 3.63) is 45.6 Å². The normalized spacial score (nSPS) is 10.0. The van der Waals surface area contributed by atoms with E-state index in [0.29, 0.717) is 10.6 Å². The lowest BCUT2D eigenvalue weighted by Crippen LogP contribution is -2.04. The second-order valence-electron chi connectivity index (χ2n) is 4.39. The number of carbonyl (C=O) groups is 1. The van der Waals surface area contributed by atoms with E-state index in [9.17, 15) is 4.79 Å². The van der Waals surface area contributed by atoms with Crippen LogP contribution in [0.15, 0.2) is 24.3 Å². The molecule has 1 aromatic carbocycles. The Hall–Kier alpha value is -2.49. The highest BCUT2D eigenvalue weighted by atomic mass is 35.5. The number of pyridine rings is 1. The van der Waals surface area contributed by atoms with Crippen molar-refractivity contribution in [2.75, 3.05) is 7.11 Å². The maximum atomic E-state index is 10.8. The van der Waals surface area contributed by atoms with E-state index in [1.54, 1.807) is 0 Å². The van der Waals surface area contributed by atoms with E-state index < -0.39 is 5.97 Å². The first kappa shape index (κ1) is 16.9. The standard InChI is InChI=1S/C15H10Cl2N2O4/c1-22-15-14(17)12(5-10(19-15)6-13(20)21)23-11-3-8(7-18)2-9(16)4-11/h2-5H,6H2,1H3,(H,20,21).